The summed E-state index contributed by atoms with van der Waals surface area (Å²) in [5.74, 6) is 0.650. The number of hydrogen-bond acceptors (Lipinski definition) is 5. The number of allylic oxidation sites excluding steroid dienone is 1. The Morgan fingerprint density at radius 1 is 1.22 bits per heavy atom. The van der Waals surface area contributed by atoms with Gasteiger partial charge < -0.3 is 9.73 Å². The van der Waals surface area contributed by atoms with Gasteiger partial charge in [-0.05, 0) is 60.6 Å². The Hall–Kier alpha value is -2.79. The molecule has 0 bridgehead atoms. The van der Waals surface area contributed by atoms with E-state index in [1.165, 1.54) is 16.0 Å². The number of nitrogens with one attached hydrogen (secondary N) is 1. The summed E-state index contributed by atoms with van der Waals surface area (Å²) >= 11 is 1.70. The molecular formula is C22H21N3OS. The number of rotatable bonds is 6. The molecule has 0 saturated heterocycles. The molecule has 136 valence electrons. The third-order valence-electron chi connectivity index (χ3n) is 4.57. The lowest BCUT2D eigenvalue weighted by molar-refractivity contribution is 0.619. The van der Waals surface area contributed by atoms with Gasteiger partial charge >= 0.3 is 0 Å². The highest BCUT2D eigenvalue weighted by atomic mass is 32.2. The lowest BCUT2D eigenvalue weighted by Gasteiger charge is -2.14. The summed E-state index contributed by atoms with van der Waals surface area (Å²) in [4.78, 5) is 10.0. The van der Waals surface area contributed by atoms with Gasteiger partial charge in [0.15, 0.2) is 5.58 Å². The maximum Gasteiger partial charge on any atom is 0.227 e. The Labute approximate surface area is 163 Å². The van der Waals surface area contributed by atoms with Crippen LogP contribution in [0.15, 0.2) is 80.8 Å². The lowest BCUT2D eigenvalue weighted by atomic mass is 10.1. The maximum absolute atomic E-state index is 5.90. The van der Waals surface area contributed by atoms with Crippen LogP contribution in [0.4, 0.5) is 0 Å². The average molecular weight is 375 g/mol. The predicted molar refractivity (Wildman–Crippen MR) is 113 cm³/mol. The second-order valence-corrected chi connectivity index (χ2v) is 7.29. The minimum absolute atomic E-state index is 0.650. The minimum Gasteiger partial charge on any atom is -0.436 e. The summed E-state index contributed by atoms with van der Waals surface area (Å²) in [7, 11) is 0. The van der Waals surface area contributed by atoms with E-state index in [0.29, 0.717) is 5.89 Å². The van der Waals surface area contributed by atoms with Crippen LogP contribution in [0.2, 0.25) is 0 Å². The Kier molecular flexibility index (Phi) is 5.12. The molecule has 0 spiro atoms. The smallest absolute Gasteiger partial charge is 0.227 e. The zero-order chi connectivity index (χ0) is 18.6. The van der Waals surface area contributed by atoms with Gasteiger partial charge in [-0.15, -0.1) is 11.8 Å². The molecule has 2 heterocycles. The zero-order valence-electron chi connectivity index (χ0n) is 15.2. The molecule has 3 aromatic rings. The molecule has 0 unspecified atom stereocenters. The van der Waals surface area contributed by atoms with Crippen molar-refractivity contribution in [1.29, 1.82) is 0 Å². The van der Waals surface area contributed by atoms with Crippen LogP contribution < -0.4 is 5.32 Å². The van der Waals surface area contributed by atoms with Crippen LogP contribution in [0, 0.1) is 0 Å². The van der Waals surface area contributed by atoms with Crippen molar-refractivity contribution in [1.82, 2.24) is 10.3 Å². The van der Waals surface area contributed by atoms with E-state index in [0.717, 1.165) is 41.7 Å². The van der Waals surface area contributed by atoms with E-state index in [9.17, 15) is 0 Å². The van der Waals surface area contributed by atoms with E-state index in [4.69, 9.17) is 4.42 Å². The summed E-state index contributed by atoms with van der Waals surface area (Å²) in [5, 5.41) is 3.38. The predicted octanol–water partition coefficient (Wildman–Crippen LogP) is 5.57. The first-order chi connectivity index (χ1) is 13.2. The SMILES string of the molecule is C=C(NCc1ccc(-c2nc3cc(SC)ccc3o2)cc1)C1=CN=CCC1. The number of hydrogen-bond donors (Lipinski definition) is 1. The molecule has 0 radical (unpaired) electrons. The van der Waals surface area contributed by atoms with E-state index in [1.54, 1.807) is 11.8 Å². The van der Waals surface area contributed by atoms with Gasteiger partial charge in [0.2, 0.25) is 5.89 Å². The van der Waals surface area contributed by atoms with Gasteiger partial charge in [-0.2, -0.15) is 0 Å². The van der Waals surface area contributed by atoms with E-state index >= 15 is 0 Å². The molecule has 0 amide bonds. The van der Waals surface area contributed by atoms with Gasteiger partial charge in [-0.1, -0.05) is 18.7 Å². The largest absolute Gasteiger partial charge is 0.436 e. The zero-order valence-corrected chi connectivity index (χ0v) is 16.1. The van der Waals surface area contributed by atoms with E-state index < -0.39 is 0 Å². The van der Waals surface area contributed by atoms with Crippen molar-refractivity contribution in [3.8, 4) is 11.5 Å². The molecule has 1 aromatic heterocycles. The Morgan fingerprint density at radius 2 is 2.07 bits per heavy atom. The Bertz CT molecular complexity index is 1030. The van der Waals surface area contributed by atoms with Crippen molar-refractivity contribution in [2.45, 2.75) is 24.3 Å². The number of nitrogens with zero attached hydrogens (tertiary/aromatic N) is 2. The van der Waals surface area contributed by atoms with Crippen LogP contribution in [-0.4, -0.2) is 17.5 Å². The number of aliphatic imine (C=N–C) groups is 1. The van der Waals surface area contributed by atoms with Crippen LogP contribution in [0.3, 0.4) is 0 Å². The van der Waals surface area contributed by atoms with Crippen LogP contribution in [0.1, 0.15) is 18.4 Å². The van der Waals surface area contributed by atoms with E-state index in [1.807, 2.05) is 30.6 Å². The molecular weight excluding hydrogens is 354 g/mol. The topological polar surface area (TPSA) is 50.4 Å². The van der Waals surface area contributed by atoms with Gasteiger partial charge in [0.1, 0.15) is 5.52 Å². The first-order valence-electron chi connectivity index (χ1n) is 8.90. The highest BCUT2D eigenvalue weighted by Gasteiger charge is 2.09. The van der Waals surface area contributed by atoms with Crippen molar-refractivity contribution in [2.75, 3.05) is 6.26 Å². The average Bonchev–Trinajstić information content (AvgIpc) is 3.16. The summed E-state index contributed by atoms with van der Waals surface area (Å²) in [6.45, 7) is 4.84. The first-order valence-corrected chi connectivity index (χ1v) is 10.1. The molecule has 2 aromatic carbocycles. The van der Waals surface area contributed by atoms with Gasteiger partial charge in [0.05, 0.1) is 0 Å². The first kappa shape index (κ1) is 17.6. The molecule has 1 aliphatic rings. The molecule has 1 aliphatic heterocycles. The number of thioether (sulfide) groups is 1. The molecule has 5 heteroatoms. The highest BCUT2D eigenvalue weighted by Crippen LogP contribution is 2.27. The maximum atomic E-state index is 5.90. The summed E-state index contributed by atoms with van der Waals surface area (Å²) in [6.07, 6.45) is 7.84. The number of fused-ring (bicyclic) bond motifs is 1. The molecule has 0 saturated carbocycles. The third kappa shape index (κ3) is 3.98. The highest BCUT2D eigenvalue weighted by molar-refractivity contribution is 7.98. The van der Waals surface area contributed by atoms with Gasteiger partial charge in [-0.3, -0.25) is 4.99 Å². The van der Waals surface area contributed by atoms with Crippen molar-refractivity contribution in [2.24, 2.45) is 4.99 Å². The van der Waals surface area contributed by atoms with Gasteiger partial charge in [-0.25, -0.2) is 4.98 Å². The molecule has 4 nitrogen and oxygen atoms in total. The molecule has 0 atom stereocenters. The summed E-state index contributed by atoms with van der Waals surface area (Å²) in [5.41, 5.74) is 5.98. The second-order valence-electron chi connectivity index (χ2n) is 6.41. The molecule has 27 heavy (non-hydrogen) atoms. The fourth-order valence-corrected chi connectivity index (χ4v) is 3.41. The second kappa shape index (κ2) is 7.84. The van der Waals surface area contributed by atoms with E-state index in [2.05, 4.69) is 52.4 Å². The third-order valence-corrected chi connectivity index (χ3v) is 5.29. The normalized spacial score (nSPS) is 13.6. The van der Waals surface area contributed by atoms with Crippen molar-refractivity contribution >= 4 is 29.1 Å². The van der Waals surface area contributed by atoms with Crippen LogP contribution >= 0.6 is 11.8 Å². The van der Waals surface area contributed by atoms with Crippen molar-refractivity contribution in [3.63, 3.8) is 0 Å². The van der Waals surface area contributed by atoms with Gasteiger partial charge in [0, 0.05) is 35.1 Å². The number of benzene rings is 2. The fourth-order valence-electron chi connectivity index (χ4n) is 2.98. The minimum atomic E-state index is 0.650. The monoisotopic (exact) mass is 375 g/mol. The van der Waals surface area contributed by atoms with Crippen molar-refractivity contribution < 1.29 is 4.42 Å². The Balaban J connectivity index is 1.45. The molecule has 1 N–H and O–H groups in total. The summed E-state index contributed by atoms with van der Waals surface area (Å²) < 4.78 is 5.90. The lowest BCUT2D eigenvalue weighted by Crippen LogP contribution is -2.14. The van der Waals surface area contributed by atoms with Crippen LogP contribution in [0.5, 0.6) is 0 Å². The standard InChI is InChI=1S/C22H21N3OS/c1-15(18-4-3-11-23-14-18)24-13-16-5-7-17(8-6-16)22-25-20-12-19(27-2)9-10-21(20)26-22/h5-12,14,24H,1,3-4,13H2,2H3. The van der Waals surface area contributed by atoms with Crippen LogP contribution in [-0.2, 0) is 6.54 Å². The molecule has 0 aliphatic carbocycles. The van der Waals surface area contributed by atoms with Gasteiger partial charge in [0.25, 0.3) is 0 Å². The fraction of sp³-hybridized carbons (Fsp3) is 0.182. The number of aromatic nitrogens is 1. The molecule has 0 fully saturated rings. The van der Waals surface area contributed by atoms with Crippen LogP contribution in [0.25, 0.3) is 22.6 Å². The van der Waals surface area contributed by atoms with Crippen molar-refractivity contribution in [3.05, 3.63) is 72.1 Å². The molecule has 4 rings (SSSR count). The summed E-state index contributed by atoms with van der Waals surface area (Å²) in [6, 6.07) is 14.4. The quantitative estimate of drug-likeness (QED) is 0.572. The Morgan fingerprint density at radius 3 is 2.81 bits per heavy atom. The number of oxazole rings is 1. The van der Waals surface area contributed by atoms with E-state index in [-0.39, 0.29) is 0 Å².